The lowest BCUT2D eigenvalue weighted by molar-refractivity contribution is -0.274. The third-order valence-corrected chi connectivity index (χ3v) is 7.06. The van der Waals surface area contributed by atoms with Gasteiger partial charge in [-0.05, 0) is 65.4 Å². The van der Waals surface area contributed by atoms with Crippen LogP contribution in [0, 0.1) is 11.6 Å². The Kier molecular flexibility index (Phi) is 9.40. The Morgan fingerprint density at radius 1 is 1.02 bits per heavy atom. The second kappa shape index (κ2) is 12.8. The van der Waals surface area contributed by atoms with Gasteiger partial charge in [-0.25, -0.2) is 8.78 Å². The fraction of sp³-hybridized carbons (Fsp3) is 0.267. The van der Waals surface area contributed by atoms with E-state index in [2.05, 4.69) is 15.0 Å². The summed E-state index contributed by atoms with van der Waals surface area (Å²) in [5.41, 5.74) is 1.55. The second-order valence-electron chi connectivity index (χ2n) is 9.68. The number of aromatic nitrogens is 1. The number of halogens is 6. The standard InChI is InChI=1S/C30H26ClF5N2O4/c1-2-3-20(17-6-9-21(24(32)12-17)29(41)37-11-10-26(39)40)27(16-4-7-19(8-5-16)42-30(34,35)36)23-15-38-28-22(23)13-18(31)14-25(28)33/h4-9,12-15,20,27,38H,2-3,10-11H2,1H3,(H,37,41)(H,39,40)/t20-,27+/m0/s1. The highest BCUT2D eigenvalue weighted by atomic mass is 35.5. The lowest BCUT2D eigenvalue weighted by Crippen LogP contribution is -2.27. The molecule has 0 radical (unpaired) electrons. The van der Waals surface area contributed by atoms with Gasteiger partial charge in [0.05, 0.1) is 17.5 Å². The molecule has 0 saturated heterocycles. The van der Waals surface area contributed by atoms with E-state index in [1.807, 2.05) is 6.92 Å². The Labute approximate surface area is 242 Å². The SMILES string of the molecule is CCC[C@@H](c1ccc(C(=O)NCCC(=O)O)c(F)c1)[C@@H](c1ccc(OC(F)(F)F)cc1)c1c[nH]c2c(F)cc(Cl)cc12. The highest BCUT2D eigenvalue weighted by Gasteiger charge is 2.32. The van der Waals surface area contributed by atoms with Gasteiger partial charge in [0.25, 0.3) is 5.91 Å². The summed E-state index contributed by atoms with van der Waals surface area (Å²) in [6.45, 7) is 1.74. The molecule has 3 N–H and O–H groups in total. The average Bonchev–Trinajstić information content (AvgIpc) is 3.32. The minimum absolute atomic E-state index is 0.143. The van der Waals surface area contributed by atoms with Crippen molar-refractivity contribution >= 4 is 34.4 Å². The summed E-state index contributed by atoms with van der Waals surface area (Å²) in [7, 11) is 0. The number of carbonyl (C=O) groups is 2. The van der Waals surface area contributed by atoms with Gasteiger partial charge in [-0.2, -0.15) is 0 Å². The van der Waals surface area contributed by atoms with Gasteiger partial charge in [-0.15, -0.1) is 13.2 Å². The van der Waals surface area contributed by atoms with Crippen LogP contribution in [0.4, 0.5) is 22.0 Å². The summed E-state index contributed by atoms with van der Waals surface area (Å²) in [5.74, 6) is -4.80. The predicted molar refractivity (Wildman–Crippen MR) is 147 cm³/mol. The van der Waals surface area contributed by atoms with Crippen LogP contribution in [0.15, 0.2) is 60.8 Å². The summed E-state index contributed by atoms with van der Waals surface area (Å²) < 4.78 is 72.4. The Hall–Kier alpha value is -4.12. The molecule has 4 aromatic rings. The van der Waals surface area contributed by atoms with Crippen LogP contribution in [0.3, 0.4) is 0 Å². The zero-order valence-corrected chi connectivity index (χ0v) is 23.0. The van der Waals surface area contributed by atoms with Gasteiger partial charge in [-0.3, -0.25) is 9.59 Å². The number of benzene rings is 3. The van der Waals surface area contributed by atoms with Crippen LogP contribution >= 0.6 is 11.6 Å². The quantitative estimate of drug-likeness (QED) is 0.151. The number of rotatable bonds is 11. The third-order valence-electron chi connectivity index (χ3n) is 6.84. The third kappa shape index (κ3) is 7.20. The number of carboxylic acids is 1. The zero-order valence-electron chi connectivity index (χ0n) is 22.2. The zero-order chi connectivity index (χ0) is 30.6. The van der Waals surface area contributed by atoms with Gasteiger partial charge in [0.1, 0.15) is 17.4 Å². The van der Waals surface area contributed by atoms with Gasteiger partial charge in [0, 0.05) is 29.1 Å². The number of carbonyl (C=O) groups excluding carboxylic acids is 1. The summed E-state index contributed by atoms with van der Waals surface area (Å²) in [5, 5.41) is 11.7. The van der Waals surface area contributed by atoms with E-state index in [-0.39, 0.29) is 29.1 Å². The van der Waals surface area contributed by atoms with E-state index in [0.29, 0.717) is 34.9 Å². The van der Waals surface area contributed by atoms with Crippen LogP contribution in [-0.4, -0.2) is 34.9 Å². The number of carboxylic acid groups (broad SMARTS) is 1. The van der Waals surface area contributed by atoms with Gasteiger partial charge in [0.2, 0.25) is 0 Å². The van der Waals surface area contributed by atoms with Gasteiger partial charge < -0.3 is 20.1 Å². The molecule has 42 heavy (non-hydrogen) atoms. The molecule has 6 nitrogen and oxygen atoms in total. The maximum atomic E-state index is 15.3. The van der Waals surface area contributed by atoms with E-state index in [4.69, 9.17) is 16.7 Å². The fourth-order valence-electron chi connectivity index (χ4n) is 5.10. The van der Waals surface area contributed by atoms with Crippen molar-refractivity contribution in [1.29, 1.82) is 0 Å². The van der Waals surface area contributed by atoms with E-state index in [1.54, 1.807) is 18.3 Å². The van der Waals surface area contributed by atoms with Gasteiger partial charge in [0.15, 0.2) is 0 Å². The van der Waals surface area contributed by atoms with Crippen molar-refractivity contribution in [2.24, 2.45) is 0 Å². The fourth-order valence-corrected chi connectivity index (χ4v) is 5.30. The van der Waals surface area contributed by atoms with E-state index < -0.39 is 47.5 Å². The highest BCUT2D eigenvalue weighted by Crippen LogP contribution is 2.45. The maximum Gasteiger partial charge on any atom is 0.573 e. The number of fused-ring (bicyclic) bond motifs is 1. The minimum atomic E-state index is -4.88. The smallest absolute Gasteiger partial charge is 0.481 e. The van der Waals surface area contributed by atoms with Gasteiger partial charge in [-0.1, -0.05) is 43.1 Å². The number of aliphatic carboxylic acids is 1. The molecule has 0 aliphatic carbocycles. The monoisotopic (exact) mass is 608 g/mol. The van der Waals surface area contributed by atoms with Crippen molar-refractivity contribution in [3.8, 4) is 5.75 Å². The van der Waals surface area contributed by atoms with Crippen LogP contribution < -0.4 is 10.1 Å². The first kappa shape index (κ1) is 30.8. The van der Waals surface area contributed by atoms with Crippen molar-refractivity contribution < 1.29 is 41.4 Å². The lowest BCUT2D eigenvalue weighted by atomic mass is 9.75. The Morgan fingerprint density at radius 2 is 1.71 bits per heavy atom. The van der Waals surface area contributed by atoms with Crippen molar-refractivity contribution in [3.63, 3.8) is 0 Å². The van der Waals surface area contributed by atoms with E-state index in [9.17, 15) is 27.2 Å². The summed E-state index contributed by atoms with van der Waals surface area (Å²) in [6.07, 6.45) is -2.49. The Morgan fingerprint density at radius 3 is 2.33 bits per heavy atom. The second-order valence-corrected chi connectivity index (χ2v) is 10.1. The number of ether oxygens (including phenoxy) is 1. The van der Waals surface area contributed by atoms with Crippen LogP contribution in [0.25, 0.3) is 10.9 Å². The van der Waals surface area contributed by atoms with Crippen LogP contribution in [0.1, 0.15) is 65.1 Å². The summed E-state index contributed by atoms with van der Waals surface area (Å²) >= 11 is 6.17. The average molecular weight is 609 g/mol. The minimum Gasteiger partial charge on any atom is -0.481 e. The molecule has 12 heteroatoms. The van der Waals surface area contributed by atoms with Crippen LogP contribution in [0.5, 0.6) is 5.75 Å². The number of aromatic amines is 1. The van der Waals surface area contributed by atoms with Crippen molar-refractivity contribution in [3.05, 3.63) is 99.7 Å². The molecular formula is C30H26ClF5N2O4. The molecule has 4 rings (SSSR count). The van der Waals surface area contributed by atoms with Gasteiger partial charge >= 0.3 is 12.3 Å². The number of amides is 1. The Balaban J connectivity index is 1.80. The molecule has 0 aliphatic rings. The molecular weight excluding hydrogens is 583 g/mol. The maximum absolute atomic E-state index is 15.3. The predicted octanol–water partition coefficient (Wildman–Crippen LogP) is 7.92. The van der Waals surface area contributed by atoms with E-state index >= 15 is 4.39 Å². The molecule has 0 saturated carbocycles. The first-order valence-electron chi connectivity index (χ1n) is 13.0. The molecule has 0 bridgehead atoms. The molecule has 1 amide bonds. The number of hydrogen-bond acceptors (Lipinski definition) is 3. The number of H-pyrrole nitrogens is 1. The summed E-state index contributed by atoms with van der Waals surface area (Å²) in [6, 6.07) is 12.1. The molecule has 0 fully saturated rings. The lowest BCUT2D eigenvalue weighted by Gasteiger charge is -2.29. The van der Waals surface area contributed by atoms with Crippen molar-refractivity contribution in [2.45, 2.75) is 44.4 Å². The first-order chi connectivity index (χ1) is 19.9. The topological polar surface area (TPSA) is 91.4 Å². The molecule has 2 atom stereocenters. The molecule has 0 spiro atoms. The number of nitrogens with one attached hydrogen (secondary N) is 2. The summed E-state index contributed by atoms with van der Waals surface area (Å²) in [4.78, 5) is 26.1. The van der Waals surface area contributed by atoms with Crippen molar-refractivity contribution in [1.82, 2.24) is 10.3 Å². The van der Waals surface area contributed by atoms with E-state index in [0.717, 1.165) is 6.07 Å². The van der Waals surface area contributed by atoms with Crippen molar-refractivity contribution in [2.75, 3.05) is 6.54 Å². The molecule has 1 aromatic heterocycles. The largest absolute Gasteiger partial charge is 0.573 e. The number of alkyl halides is 3. The first-order valence-corrected chi connectivity index (χ1v) is 13.4. The van der Waals surface area contributed by atoms with Crippen LogP contribution in [-0.2, 0) is 4.79 Å². The highest BCUT2D eigenvalue weighted by molar-refractivity contribution is 6.31. The Bertz CT molecular complexity index is 1590. The molecule has 3 aromatic carbocycles. The van der Waals surface area contributed by atoms with E-state index in [1.165, 1.54) is 36.4 Å². The molecule has 222 valence electrons. The number of hydrogen-bond donors (Lipinski definition) is 3. The molecule has 0 unspecified atom stereocenters. The molecule has 0 aliphatic heterocycles. The normalized spacial score (nSPS) is 13.1. The molecule has 1 heterocycles. The van der Waals surface area contributed by atoms with Crippen LogP contribution in [0.2, 0.25) is 5.02 Å².